The molecule has 3 nitrogen and oxygen atoms in total. The van der Waals surface area contributed by atoms with Crippen LogP contribution in [0.15, 0.2) is 42.5 Å². The molecule has 0 saturated carbocycles. The number of hydrogen-bond acceptors (Lipinski definition) is 2. The number of amides is 1. The van der Waals surface area contributed by atoms with Gasteiger partial charge in [-0.2, -0.15) is 0 Å². The highest BCUT2D eigenvalue weighted by atomic mass is 16.1. The second-order valence-electron chi connectivity index (χ2n) is 5.35. The van der Waals surface area contributed by atoms with Crippen molar-refractivity contribution in [3.8, 4) is 0 Å². The summed E-state index contributed by atoms with van der Waals surface area (Å²) in [6, 6.07) is 13.8. The van der Waals surface area contributed by atoms with Gasteiger partial charge in [0.25, 0.3) is 5.91 Å². The maximum atomic E-state index is 12.5. The van der Waals surface area contributed by atoms with Crippen LogP contribution in [-0.2, 0) is 0 Å². The lowest BCUT2D eigenvalue weighted by Gasteiger charge is -2.18. The van der Waals surface area contributed by atoms with Crippen LogP contribution in [-0.4, -0.2) is 13.0 Å². The molecular formula is C18H22N2O. The minimum Gasteiger partial charge on any atom is -0.387 e. The summed E-state index contributed by atoms with van der Waals surface area (Å²) < 4.78 is 0. The second kappa shape index (κ2) is 6.44. The SMILES string of the molecule is CNc1ccccc1C(=O)NC(C)c1cc(C)ccc1C. The van der Waals surface area contributed by atoms with Crippen LogP contribution < -0.4 is 10.6 Å². The Kier molecular flexibility index (Phi) is 4.63. The number of aryl methyl sites for hydroxylation is 2. The molecule has 3 heteroatoms. The summed E-state index contributed by atoms with van der Waals surface area (Å²) in [4.78, 5) is 12.5. The molecule has 0 radical (unpaired) electrons. The molecule has 0 aliphatic rings. The number of benzene rings is 2. The van der Waals surface area contributed by atoms with Gasteiger partial charge in [-0.05, 0) is 44.0 Å². The van der Waals surface area contributed by atoms with Gasteiger partial charge < -0.3 is 10.6 Å². The zero-order chi connectivity index (χ0) is 15.4. The fraction of sp³-hybridized carbons (Fsp3) is 0.278. The van der Waals surface area contributed by atoms with Crippen molar-refractivity contribution in [1.29, 1.82) is 0 Å². The minimum absolute atomic E-state index is 0.0256. The summed E-state index contributed by atoms with van der Waals surface area (Å²) in [5.41, 5.74) is 5.05. The molecule has 2 N–H and O–H groups in total. The maximum absolute atomic E-state index is 12.5. The molecule has 0 saturated heterocycles. The van der Waals surface area contributed by atoms with E-state index in [1.165, 1.54) is 11.1 Å². The fourth-order valence-corrected chi connectivity index (χ4v) is 2.48. The molecule has 0 heterocycles. The highest BCUT2D eigenvalue weighted by Crippen LogP contribution is 2.21. The molecule has 2 rings (SSSR count). The molecule has 0 aliphatic carbocycles. The Morgan fingerprint density at radius 3 is 2.52 bits per heavy atom. The first-order chi connectivity index (χ1) is 10.0. The Morgan fingerprint density at radius 1 is 1.10 bits per heavy atom. The van der Waals surface area contributed by atoms with E-state index < -0.39 is 0 Å². The van der Waals surface area contributed by atoms with E-state index in [2.05, 4.69) is 42.7 Å². The van der Waals surface area contributed by atoms with Crippen molar-refractivity contribution in [1.82, 2.24) is 5.32 Å². The van der Waals surface area contributed by atoms with E-state index in [-0.39, 0.29) is 11.9 Å². The van der Waals surface area contributed by atoms with Crippen molar-refractivity contribution in [2.45, 2.75) is 26.8 Å². The van der Waals surface area contributed by atoms with Gasteiger partial charge in [-0.1, -0.05) is 35.9 Å². The lowest BCUT2D eigenvalue weighted by atomic mass is 9.99. The molecule has 1 unspecified atom stereocenters. The van der Waals surface area contributed by atoms with E-state index in [1.54, 1.807) is 0 Å². The first-order valence-corrected chi connectivity index (χ1v) is 7.17. The molecule has 0 spiro atoms. The number of hydrogen-bond donors (Lipinski definition) is 2. The topological polar surface area (TPSA) is 41.1 Å². The first-order valence-electron chi connectivity index (χ1n) is 7.17. The van der Waals surface area contributed by atoms with Gasteiger partial charge in [-0.25, -0.2) is 0 Å². The van der Waals surface area contributed by atoms with E-state index in [0.29, 0.717) is 5.56 Å². The number of rotatable bonds is 4. The zero-order valence-corrected chi connectivity index (χ0v) is 13.0. The monoisotopic (exact) mass is 282 g/mol. The van der Waals surface area contributed by atoms with E-state index in [9.17, 15) is 4.79 Å². The van der Waals surface area contributed by atoms with Crippen LogP contribution in [0.3, 0.4) is 0 Å². The molecule has 110 valence electrons. The predicted octanol–water partition coefficient (Wildman–Crippen LogP) is 3.84. The second-order valence-corrected chi connectivity index (χ2v) is 5.35. The van der Waals surface area contributed by atoms with Crippen molar-refractivity contribution in [2.75, 3.05) is 12.4 Å². The van der Waals surface area contributed by atoms with E-state index in [1.807, 2.05) is 38.2 Å². The van der Waals surface area contributed by atoms with Crippen LogP contribution in [0.25, 0.3) is 0 Å². The number of anilines is 1. The van der Waals surface area contributed by atoms with Gasteiger partial charge >= 0.3 is 0 Å². The summed E-state index contributed by atoms with van der Waals surface area (Å²) in [6.45, 7) is 6.15. The largest absolute Gasteiger partial charge is 0.387 e. The van der Waals surface area contributed by atoms with E-state index in [4.69, 9.17) is 0 Å². The molecule has 0 bridgehead atoms. The molecule has 0 fully saturated rings. The van der Waals surface area contributed by atoms with Crippen LogP contribution >= 0.6 is 0 Å². The standard InChI is InChI=1S/C18H22N2O/c1-12-9-10-13(2)16(11-12)14(3)20-18(21)15-7-5-6-8-17(15)19-4/h5-11,14,19H,1-4H3,(H,20,21). The molecule has 0 aliphatic heterocycles. The van der Waals surface area contributed by atoms with Crippen LogP contribution in [0.1, 0.15) is 40.0 Å². The van der Waals surface area contributed by atoms with Gasteiger partial charge in [0.15, 0.2) is 0 Å². The van der Waals surface area contributed by atoms with Crippen LogP contribution in [0, 0.1) is 13.8 Å². The lowest BCUT2D eigenvalue weighted by Crippen LogP contribution is -2.27. The number of nitrogens with one attached hydrogen (secondary N) is 2. The Labute approximate surface area is 126 Å². The smallest absolute Gasteiger partial charge is 0.253 e. The number of carbonyl (C=O) groups is 1. The Morgan fingerprint density at radius 2 is 1.81 bits per heavy atom. The lowest BCUT2D eigenvalue weighted by molar-refractivity contribution is 0.0940. The third-order valence-electron chi connectivity index (χ3n) is 3.69. The third-order valence-corrected chi connectivity index (χ3v) is 3.69. The van der Waals surface area contributed by atoms with Crippen LogP contribution in [0.4, 0.5) is 5.69 Å². The number of para-hydroxylation sites is 1. The molecule has 2 aromatic carbocycles. The van der Waals surface area contributed by atoms with E-state index >= 15 is 0 Å². The molecule has 21 heavy (non-hydrogen) atoms. The van der Waals surface area contributed by atoms with Gasteiger partial charge in [0.05, 0.1) is 11.6 Å². The predicted molar refractivity (Wildman–Crippen MR) is 87.8 cm³/mol. The van der Waals surface area contributed by atoms with Crippen LogP contribution in [0.2, 0.25) is 0 Å². The zero-order valence-electron chi connectivity index (χ0n) is 13.0. The van der Waals surface area contributed by atoms with Crippen molar-refractivity contribution in [3.63, 3.8) is 0 Å². The summed E-state index contributed by atoms with van der Waals surface area (Å²) in [5, 5.41) is 6.13. The quantitative estimate of drug-likeness (QED) is 0.894. The summed E-state index contributed by atoms with van der Waals surface area (Å²) in [5.74, 6) is -0.0617. The van der Waals surface area contributed by atoms with Gasteiger partial charge in [0, 0.05) is 12.7 Å². The Hall–Kier alpha value is -2.29. The van der Waals surface area contributed by atoms with Crippen molar-refractivity contribution < 1.29 is 4.79 Å². The molecule has 1 amide bonds. The maximum Gasteiger partial charge on any atom is 0.253 e. The number of carbonyl (C=O) groups excluding carboxylic acids is 1. The molecule has 2 aromatic rings. The first kappa shape index (κ1) is 15.1. The van der Waals surface area contributed by atoms with Gasteiger partial charge in [0.2, 0.25) is 0 Å². The Balaban J connectivity index is 2.21. The summed E-state index contributed by atoms with van der Waals surface area (Å²) in [6.07, 6.45) is 0. The van der Waals surface area contributed by atoms with Gasteiger partial charge in [-0.15, -0.1) is 0 Å². The third kappa shape index (κ3) is 3.43. The molecule has 1 atom stereocenters. The highest BCUT2D eigenvalue weighted by Gasteiger charge is 2.15. The summed E-state index contributed by atoms with van der Waals surface area (Å²) >= 11 is 0. The average molecular weight is 282 g/mol. The molecule has 0 aromatic heterocycles. The van der Waals surface area contributed by atoms with Crippen molar-refractivity contribution >= 4 is 11.6 Å². The minimum atomic E-state index is -0.0617. The fourth-order valence-electron chi connectivity index (χ4n) is 2.48. The van der Waals surface area contributed by atoms with Crippen molar-refractivity contribution in [3.05, 3.63) is 64.7 Å². The van der Waals surface area contributed by atoms with Crippen molar-refractivity contribution in [2.24, 2.45) is 0 Å². The van der Waals surface area contributed by atoms with E-state index in [0.717, 1.165) is 11.3 Å². The average Bonchev–Trinajstić information content (AvgIpc) is 2.49. The highest BCUT2D eigenvalue weighted by molar-refractivity contribution is 5.99. The molecular weight excluding hydrogens is 260 g/mol. The van der Waals surface area contributed by atoms with Gasteiger partial charge in [-0.3, -0.25) is 4.79 Å². The summed E-state index contributed by atoms with van der Waals surface area (Å²) in [7, 11) is 1.82. The van der Waals surface area contributed by atoms with Gasteiger partial charge in [0.1, 0.15) is 0 Å². The normalized spacial score (nSPS) is 11.8. The Bertz CT molecular complexity index is 649. The van der Waals surface area contributed by atoms with Crippen LogP contribution in [0.5, 0.6) is 0 Å².